The number of aromatic nitrogens is 1. The van der Waals surface area contributed by atoms with E-state index < -0.39 is 23.4 Å². The molecule has 0 radical (unpaired) electrons. The molecule has 2 aliphatic rings. The molecule has 0 aromatic carbocycles. The van der Waals surface area contributed by atoms with Gasteiger partial charge in [0.25, 0.3) is 5.91 Å². The van der Waals surface area contributed by atoms with Gasteiger partial charge in [0.2, 0.25) is 5.91 Å². The molecule has 1 aromatic heterocycles. The summed E-state index contributed by atoms with van der Waals surface area (Å²) in [6.45, 7) is 5.61. The van der Waals surface area contributed by atoms with E-state index in [9.17, 15) is 14.4 Å². The van der Waals surface area contributed by atoms with E-state index in [0.29, 0.717) is 51.3 Å². The van der Waals surface area contributed by atoms with Crippen molar-refractivity contribution in [2.24, 2.45) is 5.41 Å². The molecule has 2 amide bonds. The number of anilines is 1. The van der Waals surface area contributed by atoms with Crippen molar-refractivity contribution in [2.45, 2.75) is 58.5 Å². The highest BCUT2D eigenvalue weighted by Gasteiger charge is 2.46. The van der Waals surface area contributed by atoms with Crippen molar-refractivity contribution >= 4 is 23.6 Å². The third-order valence-corrected chi connectivity index (χ3v) is 5.64. The lowest BCUT2D eigenvalue weighted by Gasteiger charge is -2.32. The second-order valence-electron chi connectivity index (χ2n) is 7.77. The molecular formula is C20H29N3O6. The molecule has 1 saturated heterocycles. The fraction of sp³-hybridized carbons (Fsp3) is 0.700. The maximum Gasteiger partial charge on any atom is 0.313 e. The molecule has 29 heavy (non-hydrogen) atoms. The first-order valence-electron chi connectivity index (χ1n) is 10.2. The fourth-order valence-corrected chi connectivity index (χ4v) is 3.93. The van der Waals surface area contributed by atoms with E-state index in [4.69, 9.17) is 14.0 Å². The lowest BCUT2D eigenvalue weighted by molar-refractivity contribution is -0.167. The number of esters is 1. The molecule has 9 nitrogen and oxygen atoms in total. The Balaban J connectivity index is 1.64. The standard InChI is InChI=1S/C20H29N3O6/c1-3-15(18(25)21-16-12-14(2)29-22-16)28-19(26)20(6-4-5-7-20)13-17(24)23-8-10-27-11-9-23/h12,15H,3-11,13H2,1-2H3,(H,21,22,25). The van der Waals surface area contributed by atoms with Crippen LogP contribution >= 0.6 is 0 Å². The Hall–Kier alpha value is -2.42. The summed E-state index contributed by atoms with van der Waals surface area (Å²) < 4.78 is 15.8. The van der Waals surface area contributed by atoms with E-state index in [0.717, 1.165) is 12.8 Å². The van der Waals surface area contributed by atoms with Crippen molar-refractivity contribution < 1.29 is 28.4 Å². The normalized spacial score (nSPS) is 19.6. The molecular weight excluding hydrogens is 378 g/mol. The van der Waals surface area contributed by atoms with Crippen LogP contribution in [0.25, 0.3) is 0 Å². The number of amides is 2. The molecule has 3 rings (SSSR count). The van der Waals surface area contributed by atoms with Crippen LogP contribution in [0.1, 0.15) is 51.2 Å². The summed E-state index contributed by atoms with van der Waals surface area (Å²) >= 11 is 0. The van der Waals surface area contributed by atoms with Crippen LogP contribution in [0.5, 0.6) is 0 Å². The van der Waals surface area contributed by atoms with E-state index in [1.54, 1.807) is 24.8 Å². The predicted octanol–water partition coefficient (Wildman–Crippen LogP) is 2.05. The van der Waals surface area contributed by atoms with Gasteiger partial charge in [-0.3, -0.25) is 14.4 Å². The highest BCUT2D eigenvalue weighted by molar-refractivity contribution is 5.95. The third-order valence-electron chi connectivity index (χ3n) is 5.64. The number of morpholine rings is 1. The number of nitrogens with one attached hydrogen (secondary N) is 1. The van der Waals surface area contributed by atoms with Gasteiger partial charge in [0.15, 0.2) is 11.9 Å². The first-order valence-corrected chi connectivity index (χ1v) is 10.2. The molecule has 0 spiro atoms. The minimum Gasteiger partial charge on any atom is -0.452 e. The molecule has 9 heteroatoms. The Kier molecular flexibility index (Phi) is 6.89. The highest BCUT2D eigenvalue weighted by atomic mass is 16.5. The smallest absolute Gasteiger partial charge is 0.313 e. The van der Waals surface area contributed by atoms with E-state index in [1.807, 2.05) is 0 Å². The van der Waals surface area contributed by atoms with Crippen LogP contribution in [0, 0.1) is 12.3 Å². The number of rotatable bonds is 7. The molecule has 1 atom stereocenters. The summed E-state index contributed by atoms with van der Waals surface area (Å²) in [7, 11) is 0. The van der Waals surface area contributed by atoms with Crippen LogP contribution in [0.2, 0.25) is 0 Å². The number of ether oxygens (including phenoxy) is 2. The van der Waals surface area contributed by atoms with Gasteiger partial charge in [-0.1, -0.05) is 24.9 Å². The van der Waals surface area contributed by atoms with E-state index in [2.05, 4.69) is 10.5 Å². The van der Waals surface area contributed by atoms with Gasteiger partial charge >= 0.3 is 5.97 Å². The van der Waals surface area contributed by atoms with Crippen LogP contribution in [0.15, 0.2) is 10.6 Å². The number of aryl methyl sites for hydroxylation is 1. The minimum atomic E-state index is -0.949. The molecule has 160 valence electrons. The SMILES string of the molecule is CCC(OC(=O)C1(CC(=O)N2CCOCC2)CCCC1)C(=O)Nc1cc(C)on1. The highest BCUT2D eigenvalue weighted by Crippen LogP contribution is 2.43. The van der Waals surface area contributed by atoms with Crippen LogP contribution in [-0.4, -0.2) is 60.2 Å². The fourth-order valence-electron chi connectivity index (χ4n) is 3.93. The Morgan fingerprint density at radius 2 is 1.97 bits per heavy atom. The third kappa shape index (κ3) is 5.14. The molecule has 2 heterocycles. The van der Waals surface area contributed by atoms with Gasteiger partial charge in [0.1, 0.15) is 5.76 Å². The number of hydrogen-bond donors (Lipinski definition) is 1. The molecule has 1 aromatic rings. The molecule has 1 unspecified atom stereocenters. The zero-order chi connectivity index (χ0) is 20.9. The number of carbonyl (C=O) groups excluding carboxylic acids is 3. The van der Waals surface area contributed by atoms with Gasteiger partial charge in [-0.15, -0.1) is 0 Å². The van der Waals surface area contributed by atoms with Crippen molar-refractivity contribution in [1.82, 2.24) is 10.1 Å². The monoisotopic (exact) mass is 407 g/mol. The van der Waals surface area contributed by atoms with E-state index in [1.165, 1.54) is 0 Å². The van der Waals surface area contributed by atoms with Crippen molar-refractivity contribution in [3.63, 3.8) is 0 Å². The Morgan fingerprint density at radius 1 is 1.28 bits per heavy atom. The van der Waals surface area contributed by atoms with Gasteiger partial charge in [-0.25, -0.2) is 0 Å². The second-order valence-corrected chi connectivity index (χ2v) is 7.77. The second kappa shape index (κ2) is 9.39. The molecule has 1 N–H and O–H groups in total. The van der Waals surface area contributed by atoms with Crippen LogP contribution in [0.4, 0.5) is 5.82 Å². The number of nitrogens with zero attached hydrogens (tertiary/aromatic N) is 2. The maximum absolute atomic E-state index is 13.1. The van der Waals surface area contributed by atoms with Crippen molar-refractivity contribution in [2.75, 3.05) is 31.6 Å². The Bertz CT molecular complexity index is 734. The van der Waals surface area contributed by atoms with Crippen molar-refractivity contribution in [1.29, 1.82) is 0 Å². The summed E-state index contributed by atoms with van der Waals surface area (Å²) in [4.78, 5) is 40.1. The molecule has 0 bridgehead atoms. The average molecular weight is 407 g/mol. The minimum absolute atomic E-state index is 0.0530. The van der Waals surface area contributed by atoms with Crippen molar-refractivity contribution in [3.8, 4) is 0 Å². The van der Waals surface area contributed by atoms with Crippen LogP contribution in [-0.2, 0) is 23.9 Å². The summed E-state index contributed by atoms with van der Waals surface area (Å²) in [6, 6.07) is 1.59. The zero-order valence-electron chi connectivity index (χ0n) is 17.1. The van der Waals surface area contributed by atoms with Crippen LogP contribution < -0.4 is 5.32 Å². The average Bonchev–Trinajstić information content (AvgIpc) is 3.36. The zero-order valence-corrected chi connectivity index (χ0v) is 17.1. The van der Waals surface area contributed by atoms with Gasteiger partial charge in [0, 0.05) is 25.6 Å². The van der Waals surface area contributed by atoms with Crippen molar-refractivity contribution in [3.05, 3.63) is 11.8 Å². The first-order chi connectivity index (χ1) is 13.9. The van der Waals surface area contributed by atoms with E-state index >= 15 is 0 Å². The Morgan fingerprint density at radius 3 is 2.55 bits per heavy atom. The van der Waals surface area contributed by atoms with E-state index in [-0.39, 0.29) is 18.1 Å². The number of hydrogen-bond acceptors (Lipinski definition) is 7. The Labute approximate surface area is 170 Å². The lowest BCUT2D eigenvalue weighted by Crippen LogP contribution is -2.45. The van der Waals surface area contributed by atoms with Gasteiger partial charge < -0.3 is 24.2 Å². The number of carbonyl (C=O) groups is 3. The molecule has 2 fully saturated rings. The molecule has 1 aliphatic heterocycles. The first kappa shape index (κ1) is 21.3. The molecule has 1 saturated carbocycles. The maximum atomic E-state index is 13.1. The summed E-state index contributed by atoms with van der Waals surface area (Å²) in [5, 5.41) is 6.33. The molecule has 1 aliphatic carbocycles. The predicted molar refractivity (Wildman–Crippen MR) is 103 cm³/mol. The lowest BCUT2D eigenvalue weighted by atomic mass is 9.82. The quantitative estimate of drug-likeness (QED) is 0.689. The largest absolute Gasteiger partial charge is 0.452 e. The summed E-state index contributed by atoms with van der Waals surface area (Å²) in [5.41, 5.74) is -0.854. The van der Waals surface area contributed by atoms with Crippen LogP contribution in [0.3, 0.4) is 0 Å². The van der Waals surface area contributed by atoms with Gasteiger partial charge in [-0.2, -0.15) is 0 Å². The summed E-state index contributed by atoms with van der Waals surface area (Å²) in [6.07, 6.45) is 2.42. The van der Waals surface area contributed by atoms with Gasteiger partial charge in [-0.05, 0) is 26.2 Å². The topological polar surface area (TPSA) is 111 Å². The summed E-state index contributed by atoms with van der Waals surface area (Å²) in [5.74, 6) is -0.128. The van der Waals surface area contributed by atoms with Gasteiger partial charge in [0.05, 0.1) is 18.6 Å².